The molecule has 0 unspecified atom stereocenters. The minimum absolute atomic E-state index is 0.779. The predicted octanol–water partition coefficient (Wildman–Crippen LogP) is 3.06. The van der Waals surface area contributed by atoms with Gasteiger partial charge in [-0.15, -0.1) is 0 Å². The molecule has 2 aromatic carbocycles. The van der Waals surface area contributed by atoms with Gasteiger partial charge in [-0.3, -0.25) is 0 Å². The van der Waals surface area contributed by atoms with E-state index >= 15 is 0 Å². The number of halogens is 1. The van der Waals surface area contributed by atoms with Crippen LogP contribution in [-0.4, -0.2) is 13.5 Å². The molecule has 1 nitrogen and oxygen atoms in total. The lowest BCUT2D eigenvalue weighted by Crippen LogP contribution is -2.55. The summed E-state index contributed by atoms with van der Waals surface area (Å²) in [7, 11) is 0. The highest BCUT2D eigenvalue weighted by atomic mass is 79.9. The van der Waals surface area contributed by atoms with Crippen LogP contribution in [0.25, 0.3) is 0 Å². The van der Waals surface area contributed by atoms with Crippen LogP contribution in [0.4, 0.5) is 0 Å². The molecule has 0 atom stereocenters. The zero-order valence-electron chi connectivity index (χ0n) is 10.5. The fraction of sp³-hybridized carbons (Fsp3) is 0.200. The molecular formula is C15H17BrOSi. The summed E-state index contributed by atoms with van der Waals surface area (Å²) in [5.74, 6) is 0. The summed E-state index contributed by atoms with van der Waals surface area (Å²) >= 11 is 3.92. The first-order valence-electron chi connectivity index (χ1n) is 6.21. The molecule has 0 aromatic heterocycles. The smallest absolute Gasteiger partial charge is 0.328 e. The molecule has 0 saturated heterocycles. The van der Waals surface area contributed by atoms with Gasteiger partial charge >= 0.3 is 6.94 Å². The van der Waals surface area contributed by atoms with Crippen molar-refractivity contribution >= 4 is 32.6 Å². The third kappa shape index (κ3) is 2.91. The van der Waals surface area contributed by atoms with Crippen molar-refractivity contribution in [1.29, 1.82) is 0 Å². The van der Waals surface area contributed by atoms with Crippen LogP contribution in [-0.2, 0) is 4.43 Å². The summed E-state index contributed by atoms with van der Waals surface area (Å²) < 4.78 is 6.21. The Morgan fingerprint density at radius 3 is 1.72 bits per heavy atom. The van der Waals surface area contributed by atoms with Gasteiger partial charge in [0.25, 0.3) is 0 Å². The average Bonchev–Trinajstić information content (AvgIpc) is 2.46. The van der Waals surface area contributed by atoms with E-state index in [0.717, 1.165) is 13.0 Å². The molecule has 0 bridgehead atoms. The van der Waals surface area contributed by atoms with Crippen LogP contribution in [0, 0.1) is 0 Å². The third-order valence-electron chi connectivity index (χ3n) is 2.80. The van der Waals surface area contributed by atoms with Crippen LogP contribution in [0.15, 0.2) is 60.7 Å². The Labute approximate surface area is 118 Å². The molecule has 0 spiro atoms. The molecule has 0 aliphatic carbocycles. The molecule has 0 aliphatic rings. The van der Waals surface area contributed by atoms with E-state index in [2.05, 4.69) is 70.7 Å². The van der Waals surface area contributed by atoms with E-state index < -0.39 is 6.94 Å². The minimum Gasteiger partial charge on any atom is -0.400 e. The molecule has 3 heteroatoms. The highest BCUT2D eigenvalue weighted by Crippen LogP contribution is 2.15. The zero-order valence-corrected chi connectivity index (χ0v) is 13.1. The minimum atomic E-state index is -2.21. The molecule has 0 amide bonds. The monoisotopic (exact) mass is 320 g/mol. The molecular weight excluding hydrogens is 304 g/mol. The van der Waals surface area contributed by atoms with Crippen LogP contribution in [0.5, 0.6) is 0 Å². The van der Waals surface area contributed by atoms with Crippen molar-refractivity contribution in [3.63, 3.8) is 0 Å². The second-order valence-electron chi connectivity index (χ2n) is 4.18. The quantitative estimate of drug-likeness (QED) is 0.607. The number of benzene rings is 2. The topological polar surface area (TPSA) is 9.23 Å². The van der Waals surface area contributed by atoms with Crippen LogP contribution in [0.1, 0.15) is 13.3 Å². The van der Waals surface area contributed by atoms with Gasteiger partial charge in [0.05, 0.1) is 0 Å². The Hall–Kier alpha value is -0.903. The summed E-state index contributed by atoms with van der Waals surface area (Å²) in [6.07, 6.45) is 1.03. The summed E-state index contributed by atoms with van der Waals surface area (Å²) in [6, 6.07) is 20.9. The van der Waals surface area contributed by atoms with E-state index in [1.807, 2.05) is 12.1 Å². The average molecular weight is 321 g/mol. The van der Waals surface area contributed by atoms with Gasteiger partial charge in [0.2, 0.25) is 0 Å². The lowest BCUT2D eigenvalue weighted by atomic mass is 10.4. The lowest BCUT2D eigenvalue weighted by molar-refractivity contribution is 0.329. The number of hydrogen-bond acceptors (Lipinski definition) is 1. The van der Waals surface area contributed by atoms with Crippen molar-refractivity contribution < 1.29 is 4.43 Å². The highest BCUT2D eigenvalue weighted by Gasteiger charge is 2.36. The second kappa shape index (κ2) is 6.32. The van der Waals surface area contributed by atoms with Gasteiger partial charge in [-0.2, -0.15) is 0 Å². The van der Waals surface area contributed by atoms with E-state index in [0.29, 0.717) is 0 Å². The van der Waals surface area contributed by atoms with Gasteiger partial charge in [0.15, 0.2) is 0 Å². The van der Waals surface area contributed by atoms with Gasteiger partial charge in [-0.25, -0.2) is 0 Å². The Bertz CT molecular complexity index is 433. The van der Waals surface area contributed by atoms with Gasteiger partial charge < -0.3 is 4.43 Å². The first-order chi connectivity index (χ1) is 8.77. The predicted molar refractivity (Wildman–Crippen MR) is 83.1 cm³/mol. The molecule has 0 N–H and O–H groups in total. The summed E-state index contributed by atoms with van der Waals surface area (Å²) in [5.41, 5.74) is 0. The van der Waals surface area contributed by atoms with Crippen molar-refractivity contribution in [3.8, 4) is 0 Å². The summed E-state index contributed by atoms with van der Waals surface area (Å²) in [5, 5.41) is 2.51. The van der Waals surface area contributed by atoms with E-state index in [9.17, 15) is 0 Å². The zero-order chi connectivity index (χ0) is 12.8. The molecule has 94 valence electrons. The maximum atomic E-state index is 6.21. The van der Waals surface area contributed by atoms with Crippen molar-refractivity contribution in [2.24, 2.45) is 0 Å². The fourth-order valence-electron chi connectivity index (χ4n) is 1.88. The molecule has 0 aliphatic heterocycles. The summed E-state index contributed by atoms with van der Waals surface area (Å²) in [4.78, 5) is 0. The van der Waals surface area contributed by atoms with Gasteiger partial charge in [-0.05, 0) is 16.8 Å². The standard InChI is InChI=1S/C15H17BrOSi/c1-2-13-17-18(16,14-9-5-3-6-10-14)15-11-7-4-8-12-15/h3-12H,2,13H2,1H3. The molecule has 0 saturated carbocycles. The van der Waals surface area contributed by atoms with Gasteiger partial charge in [0.1, 0.15) is 0 Å². The van der Waals surface area contributed by atoms with Crippen molar-refractivity contribution in [2.45, 2.75) is 13.3 Å². The Morgan fingerprint density at radius 1 is 0.889 bits per heavy atom. The SMILES string of the molecule is CCCO[Si](Br)(c1ccccc1)c1ccccc1. The second-order valence-corrected chi connectivity index (χ2v) is 10.2. The number of rotatable bonds is 5. The fourth-order valence-corrected chi connectivity index (χ4v) is 6.35. The van der Waals surface area contributed by atoms with E-state index in [1.54, 1.807) is 0 Å². The van der Waals surface area contributed by atoms with E-state index in [4.69, 9.17) is 4.43 Å². The Balaban J connectivity index is 2.41. The Morgan fingerprint density at radius 2 is 1.33 bits per heavy atom. The third-order valence-corrected chi connectivity index (χ3v) is 8.98. The first-order valence-corrected chi connectivity index (χ1v) is 10.4. The van der Waals surface area contributed by atoms with Crippen LogP contribution >= 0.6 is 15.3 Å². The van der Waals surface area contributed by atoms with E-state index in [-0.39, 0.29) is 0 Å². The molecule has 0 fully saturated rings. The van der Waals surface area contributed by atoms with Crippen molar-refractivity contribution in [1.82, 2.24) is 0 Å². The van der Waals surface area contributed by atoms with Gasteiger partial charge in [-0.1, -0.05) is 82.9 Å². The maximum Gasteiger partial charge on any atom is 0.328 e. The largest absolute Gasteiger partial charge is 0.400 e. The summed E-state index contributed by atoms with van der Waals surface area (Å²) in [6.45, 7) is 0.706. The van der Waals surface area contributed by atoms with Crippen LogP contribution in [0.2, 0.25) is 0 Å². The normalized spacial score (nSPS) is 11.4. The van der Waals surface area contributed by atoms with Crippen molar-refractivity contribution in [3.05, 3.63) is 60.7 Å². The molecule has 2 rings (SSSR count). The van der Waals surface area contributed by atoms with Crippen LogP contribution in [0.3, 0.4) is 0 Å². The molecule has 2 aromatic rings. The molecule has 0 radical (unpaired) electrons. The molecule has 18 heavy (non-hydrogen) atoms. The highest BCUT2D eigenvalue weighted by molar-refractivity contribution is 9.26. The maximum absolute atomic E-state index is 6.21. The first kappa shape index (κ1) is 13.5. The Kier molecular flexibility index (Phi) is 4.75. The molecule has 0 heterocycles. The van der Waals surface area contributed by atoms with E-state index in [1.165, 1.54) is 10.4 Å². The lowest BCUT2D eigenvalue weighted by Gasteiger charge is -2.26. The van der Waals surface area contributed by atoms with Crippen LogP contribution < -0.4 is 10.4 Å². The van der Waals surface area contributed by atoms with Gasteiger partial charge in [0, 0.05) is 6.61 Å². The number of hydrogen-bond donors (Lipinski definition) is 0. The van der Waals surface area contributed by atoms with Crippen molar-refractivity contribution in [2.75, 3.05) is 6.61 Å².